The minimum absolute atomic E-state index is 0.321. The Kier molecular flexibility index (Phi) is 6.31. The van der Waals surface area contributed by atoms with E-state index >= 15 is 0 Å². The summed E-state index contributed by atoms with van der Waals surface area (Å²) in [5.41, 5.74) is 3.95. The zero-order valence-corrected chi connectivity index (χ0v) is 19.6. The molecular weight excluding hydrogens is 448 g/mol. The van der Waals surface area contributed by atoms with Crippen molar-refractivity contribution < 1.29 is 24.8 Å². The van der Waals surface area contributed by atoms with Crippen LogP contribution in [-0.4, -0.2) is 58.5 Å². The van der Waals surface area contributed by atoms with Crippen molar-refractivity contribution >= 4 is 23.4 Å². The second kappa shape index (κ2) is 8.91. The van der Waals surface area contributed by atoms with Gasteiger partial charge in [0, 0.05) is 17.0 Å². The lowest BCUT2D eigenvalue weighted by Crippen LogP contribution is -2.52. The number of aliphatic hydroxyl groups excluding tert-OH is 3. The number of benzene rings is 2. The van der Waals surface area contributed by atoms with Gasteiger partial charge in [0.2, 0.25) is 0 Å². The Balaban J connectivity index is 1.34. The molecule has 32 heavy (non-hydrogen) atoms. The monoisotopic (exact) mass is 476 g/mol. The van der Waals surface area contributed by atoms with Crippen molar-refractivity contribution in [3.05, 3.63) is 69.7 Å². The molecule has 2 saturated heterocycles. The quantitative estimate of drug-likeness (QED) is 0.613. The van der Waals surface area contributed by atoms with E-state index in [-0.39, 0.29) is 0 Å². The first-order valence-corrected chi connectivity index (χ1v) is 12.8. The van der Waals surface area contributed by atoms with E-state index in [1.807, 2.05) is 12.1 Å². The van der Waals surface area contributed by atoms with Crippen LogP contribution in [-0.2, 0) is 21.3 Å². The van der Waals surface area contributed by atoms with Crippen LogP contribution in [0.3, 0.4) is 0 Å². The van der Waals surface area contributed by atoms with Crippen molar-refractivity contribution in [2.75, 3.05) is 19.5 Å². The molecule has 172 valence electrons. The van der Waals surface area contributed by atoms with Gasteiger partial charge in [-0.15, -0.1) is 11.8 Å². The van der Waals surface area contributed by atoms with Gasteiger partial charge in [-0.2, -0.15) is 0 Å². The number of fused-ring (bicyclic) bond motifs is 1. The highest BCUT2D eigenvalue weighted by molar-refractivity contribution is 7.99. The molecule has 0 aromatic heterocycles. The second-order valence-corrected chi connectivity index (χ2v) is 10.6. The lowest BCUT2D eigenvalue weighted by molar-refractivity contribution is -0.200. The molecular formula is C25H29ClO5S. The number of rotatable bonds is 5. The fourth-order valence-corrected chi connectivity index (χ4v) is 6.14. The molecule has 2 aliphatic heterocycles. The Bertz CT molecular complexity index is 967. The molecule has 3 N–H and O–H groups in total. The molecule has 3 unspecified atom stereocenters. The van der Waals surface area contributed by atoms with Crippen LogP contribution < -0.4 is 0 Å². The van der Waals surface area contributed by atoms with Gasteiger partial charge in [0.1, 0.15) is 29.9 Å². The van der Waals surface area contributed by atoms with Gasteiger partial charge in [-0.1, -0.05) is 48.0 Å². The zero-order chi connectivity index (χ0) is 22.5. The molecule has 0 radical (unpaired) electrons. The zero-order valence-electron chi connectivity index (χ0n) is 18.0. The standard InChI is InChI=1S/C25H29ClO5S/c1-32-24-22(29)20(27)21(28)23(31-24)15-4-7-19(26)16(11-15)10-14-2-5-17(6-3-14)25-8-9-30-13-18(25)12-25/h2-7,11,18,20-24,27-29H,8-10,12-13H2,1H3/t18?,20-,21-,22+,23?,24-,25?/m1/s1. The molecule has 3 fully saturated rings. The maximum Gasteiger partial charge on any atom is 0.132 e. The Morgan fingerprint density at radius 3 is 2.56 bits per heavy atom. The van der Waals surface area contributed by atoms with E-state index in [4.69, 9.17) is 21.1 Å². The summed E-state index contributed by atoms with van der Waals surface area (Å²) in [7, 11) is 0. The predicted molar refractivity (Wildman–Crippen MR) is 125 cm³/mol. The highest BCUT2D eigenvalue weighted by atomic mass is 35.5. The third-order valence-corrected chi connectivity index (χ3v) is 8.59. The van der Waals surface area contributed by atoms with Crippen LogP contribution in [0.4, 0.5) is 0 Å². The maximum absolute atomic E-state index is 10.5. The van der Waals surface area contributed by atoms with Crippen LogP contribution in [0.2, 0.25) is 5.02 Å². The van der Waals surface area contributed by atoms with E-state index in [1.165, 1.54) is 23.7 Å². The van der Waals surface area contributed by atoms with E-state index in [0.29, 0.717) is 22.8 Å². The fraction of sp³-hybridized carbons (Fsp3) is 0.520. The van der Waals surface area contributed by atoms with E-state index in [0.717, 1.165) is 36.3 Å². The Hall–Kier alpha value is -1.12. The number of ether oxygens (including phenoxy) is 2. The lowest BCUT2D eigenvalue weighted by Gasteiger charge is -2.40. The molecule has 7 atom stereocenters. The molecule has 2 aromatic carbocycles. The summed E-state index contributed by atoms with van der Waals surface area (Å²) in [4.78, 5) is 0. The molecule has 3 aliphatic rings. The van der Waals surface area contributed by atoms with Crippen molar-refractivity contribution in [1.29, 1.82) is 0 Å². The van der Waals surface area contributed by atoms with Gasteiger partial charge in [-0.05, 0) is 59.8 Å². The highest BCUT2D eigenvalue weighted by Gasteiger charge is 2.56. The molecule has 0 spiro atoms. The van der Waals surface area contributed by atoms with E-state index in [9.17, 15) is 15.3 Å². The van der Waals surface area contributed by atoms with Gasteiger partial charge in [0.25, 0.3) is 0 Å². The maximum atomic E-state index is 10.5. The topological polar surface area (TPSA) is 79.2 Å². The van der Waals surface area contributed by atoms with Crippen LogP contribution >= 0.6 is 23.4 Å². The van der Waals surface area contributed by atoms with Crippen LogP contribution in [0.25, 0.3) is 0 Å². The van der Waals surface area contributed by atoms with E-state index in [2.05, 4.69) is 24.3 Å². The highest BCUT2D eigenvalue weighted by Crippen LogP contribution is 2.58. The SMILES string of the molecule is CS[C@H]1OC(c2ccc(Cl)c(Cc3ccc(C45CCOCC4C5)cc3)c2)[C@H](O)[C@@H](O)[C@@H]1O. The van der Waals surface area contributed by atoms with Gasteiger partial charge < -0.3 is 24.8 Å². The van der Waals surface area contributed by atoms with Crippen molar-refractivity contribution in [3.8, 4) is 0 Å². The summed E-state index contributed by atoms with van der Waals surface area (Å²) in [6.07, 6.45) is 0.433. The Morgan fingerprint density at radius 1 is 1.06 bits per heavy atom. The van der Waals surface area contributed by atoms with Gasteiger partial charge in [-0.25, -0.2) is 0 Å². The van der Waals surface area contributed by atoms with Crippen molar-refractivity contribution in [2.24, 2.45) is 5.92 Å². The first-order valence-electron chi connectivity index (χ1n) is 11.1. The summed E-state index contributed by atoms with van der Waals surface area (Å²) in [5.74, 6) is 0.661. The molecule has 1 aliphatic carbocycles. The third-order valence-electron chi connectivity index (χ3n) is 7.37. The number of thioether (sulfide) groups is 1. The van der Waals surface area contributed by atoms with Gasteiger partial charge in [-0.3, -0.25) is 0 Å². The number of halogens is 1. The van der Waals surface area contributed by atoms with Crippen molar-refractivity contribution in [2.45, 2.75) is 54.5 Å². The normalized spacial score (nSPS) is 36.5. The predicted octanol–water partition coefficient (Wildman–Crippen LogP) is 3.45. The molecule has 5 rings (SSSR count). The summed E-state index contributed by atoms with van der Waals surface area (Å²) < 4.78 is 11.5. The molecule has 2 heterocycles. The van der Waals surface area contributed by atoms with Gasteiger partial charge >= 0.3 is 0 Å². The molecule has 0 amide bonds. The largest absolute Gasteiger partial charge is 0.387 e. The Labute approximate surface area is 197 Å². The third kappa shape index (κ3) is 4.00. The molecule has 0 bridgehead atoms. The number of aliphatic hydroxyl groups is 3. The van der Waals surface area contributed by atoms with Crippen LogP contribution in [0, 0.1) is 5.92 Å². The first-order chi connectivity index (χ1) is 15.4. The average molecular weight is 477 g/mol. The minimum Gasteiger partial charge on any atom is -0.387 e. The minimum atomic E-state index is -1.27. The smallest absolute Gasteiger partial charge is 0.132 e. The van der Waals surface area contributed by atoms with Crippen LogP contribution in [0.5, 0.6) is 0 Å². The molecule has 2 aromatic rings. The Morgan fingerprint density at radius 2 is 1.84 bits per heavy atom. The average Bonchev–Trinajstić information content (AvgIpc) is 3.56. The van der Waals surface area contributed by atoms with Crippen LogP contribution in [0.1, 0.15) is 41.2 Å². The van der Waals surface area contributed by atoms with E-state index in [1.54, 1.807) is 12.3 Å². The molecule has 5 nitrogen and oxygen atoms in total. The van der Waals surface area contributed by atoms with Gasteiger partial charge in [0.05, 0.1) is 6.61 Å². The van der Waals surface area contributed by atoms with Gasteiger partial charge in [0.15, 0.2) is 0 Å². The molecule has 1 saturated carbocycles. The summed E-state index contributed by atoms with van der Waals surface area (Å²) in [5, 5.41) is 31.6. The number of hydrogen-bond acceptors (Lipinski definition) is 6. The molecule has 7 heteroatoms. The fourth-order valence-electron chi connectivity index (χ4n) is 5.28. The summed E-state index contributed by atoms with van der Waals surface area (Å²) in [6.45, 7) is 1.72. The van der Waals surface area contributed by atoms with Crippen LogP contribution in [0.15, 0.2) is 42.5 Å². The summed E-state index contributed by atoms with van der Waals surface area (Å²) in [6, 6.07) is 14.4. The van der Waals surface area contributed by atoms with Crippen molar-refractivity contribution in [3.63, 3.8) is 0 Å². The summed E-state index contributed by atoms with van der Waals surface area (Å²) >= 11 is 7.81. The first kappa shape index (κ1) is 22.7. The van der Waals surface area contributed by atoms with Crippen molar-refractivity contribution in [1.82, 2.24) is 0 Å². The second-order valence-electron chi connectivity index (χ2n) is 9.24. The lowest BCUT2D eigenvalue weighted by atomic mass is 9.88. The number of hydrogen-bond donors (Lipinski definition) is 3. The van der Waals surface area contributed by atoms with E-state index < -0.39 is 29.9 Å².